The van der Waals surface area contributed by atoms with Crippen LogP contribution in [0, 0.1) is 5.82 Å². The van der Waals surface area contributed by atoms with Gasteiger partial charge in [-0.2, -0.15) is 9.78 Å². The van der Waals surface area contributed by atoms with Gasteiger partial charge in [0.25, 0.3) is 11.5 Å². The fraction of sp³-hybridized carbons (Fsp3) is 0.261. The van der Waals surface area contributed by atoms with Crippen LogP contribution in [-0.2, 0) is 0 Å². The Balaban J connectivity index is 1.80. The summed E-state index contributed by atoms with van der Waals surface area (Å²) >= 11 is 5.97. The Bertz CT molecular complexity index is 1160. The summed E-state index contributed by atoms with van der Waals surface area (Å²) in [4.78, 5) is 26.1. The van der Waals surface area contributed by atoms with E-state index in [1.165, 1.54) is 30.3 Å². The first kappa shape index (κ1) is 21.2. The highest BCUT2D eigenvalue weighted by atomic mass is 35.5. The molecule has 2 N–H and O–H groups in total. The van der Waals surface area contributed by atoms with Gasteiger partial charge in [0.1, 0.15) is 11.4 Å². The highest BCUT2D eigenvalue weighted by Crippen LogP contribution is 2.22. The van der Waals surface area contributed by atoms with Gasteiger partial charge < -0.3 is 10.4 Å². The summed E-state index contributed by atoms with van der Waals surface area (Å²) in [5, 5.41) is 17.9. The summed E-state index contributed by atoms with van der Waals surface area (Å²) in [5.74, 6) is -1.13. The van der Waals surface area contributed by atoms with Crippen LogP contribution in [0.15, 0.2) is 59.4 Å². The number of aliphatic hydroxyl groups excluding tert-OH is 1. The van der Waals surface area contributed by atoms with Gasteiger partial charge in [-0.1, -0.05) is 42.6 Å². The fourth-order valence-electron chi connectivity index (χ4n) is 3.73. The average Bonchev–Trinajstić information content (AvgIpc) is 2.76. The molecule has 1 aromatic heterocycles. The van der Waals surface area contributed by atoms with Gasteiger partial charge in [0.15, 0.2) is 0 Å². The lowest BCUT2D eigenvalue weighted by molar-refractivity contribution is 0.0716. The number of aromatic nitrogens is 2. The third-order valence-corrected chi connectivity index (χ3v) is 5.65. The molecule has 0 aliphatic heterocycles. The quantitative estimate of drug-likeness (QED) is 0.646. The number of hydrogen-bond donors (Lipinski definition) is 2. The van der Waals surface area contributed by atoms with Crippen LogP contribution in [0.1, 0.15) is 36.0 Å². The number of nitrogens with zero attached hydrogens (tertiary/aromatic N) is 2. The first-order valence-electron chi connectivity index (χ1n) is 10.1. The van der Waals surface area contributed by atoms with E-state index in [0.717, 1.165) is 17.5 Å². The summed E-state index contributed by atoms with van der Waals surface area (Å²) in [6, 6.07) is 13.2. The van der Waals surface area contributed by atoms with E-state index in [-0.39, 0.29) is 11.3 Å². The van der Waals surface area contributed by atoms with Crippen LogP contribution in [0.4, 0.5) is 4.39 Å². The normalized spacial score (nSPS) is 18.5. The summed E-state index contributed by atoms with van der Waals surface area (Å²) in [7, 11) is 0. The van der Waals surface area contributed by atoms with Crippen molar-refractivity contribution in [2.75, 3.05) is 0 Å². The summed E-state index contributed by atoms with van der Waals surface area (Å²) in [5.41, 5.74) is 0.386. The summed E-state index contributed by atoms with van der Waals surface area (Å²) in [6.07, 6.45) is 2.38. The first-order chi connectivity index (χ1) is 14.9. The molecule has 1 heterocycles. The Labute approximate surface area is 183 Å². The average molecular weight is 442 g/mol. The number of nitrogens with one attached hydrogen (secondary N) is 1. The van der Waals surface area contributed by atoms with Gasteiger partial charge in [0.2, 0.25) is 0 Å². The number of aliphatic hydroxyl groups is 1. The minimum absolute atomic E-state index is 0.137. The van der Waals surface area contributed by atoms with Crippen molar-refractivity contribution in [3.8, 4) is 16.9 Å². The summed E-state index contributed by atoms with van der Waals surface area (Å²) < 4.78 is 14.8. The molecule has 1 aliphatic carbocycles. The van der Waals surface area contributed by atoms with Crippen molar-refractivity contribution < 1.29 is 14.3 Å². The molecular formula is C23H21ClFN3O3. The summed E-state index contributed by atoms with van der Waals surface area (Å²) in [6.45, 7) is 0. The molecule has 1 amide bonds. The maximum absolute atomic E-state index is 13.8. The van der Waals surface area contributed by atoms with E-state index in [1.54, 1.807) is 24.3 Å². The number of benzene rings is 2. The maximum atomic E-state index is 13.8. The molecular weight excluding hydrogens is 421 g/mol. The molecule has 31 heavy (non-hydrogen) atoms. The smallest absolute Gasteiger partial charge is 0.284 e. The molecule has 2 atom stereocenters. The predicted octanol–water partition coefficient (Wildman–Crippen LogP) is 3.73. The molecule has 0 saturated heterocycles. The van der Waals surface area contributed by atoms with Crippen LogP contribution in [-0.4, -0.2) is 32.9 Å². The number of carbonyl (C=O) groups is 1. The Morgan fingerprint density at radius 1 is 1.13 bits per heavy atom. The second-order valence-electron chi connectivity index (χ2n) is 7.58. The van der Waals surface area contributed by atoms with Crippen molar-refractivity contribution in [2.45, 2.75) is 37.8 Å². The van der Waals surface area contributed by atoms with Gasteiger partial charge in [-0.15, -0.1) is 0 Å². The van der Waals surface area contributed by atoms with Crippen LogP contribution in [0.3, 0.4) is 0 Å². The highest BCUT2D eigenvalue weighted by molar-refractivity contribution is 6.30. The van der Waals surface area contributed by atoms with E-state index >= 15 is 0 Å². The number of hydrogen-bond acceptors (Lipinski definition) is 4. The van der Waals surface area contributed by atoms with Crippen LogP contribution < -0.4 is 10.9 Å². The predicted molar refractivity (Wildman–Crippen MR) is 116 cm³/mol. The van der Waals surface area contributed by atoms with E-state index in [4.69, 9.17) is 11.6 Å². The van der Waals surface area contributed by atoms with Gasteiger partial charge >= 0.3 is 0 Å². The minimum Gasteiger partial charge on any atom is -0.391 e. The molecule has 1 saturated carbocycles. The molecule has 6 nitrogen and oxygen atoms in total. The molecule has 160 valence electrons. The molecule has 0 radical (unpaired) electrons. The lowest BCUT2D eigenvalue weighted by atomic mass is 9.92. The number of halogens is 2. The van der Waals surface area contributed by atoms with Crippen LogP contribution in [0.5, 0.6) is 0 Å². The largest absolute Gasteiger partial charge is 0.391 e. The van der Waals surface area contributed by atoms with E-state index in [9.17, 15) is 19.1 Å². The molecule has 2 aromatic carbocycles. The highest BCUT2D eigenvalue weighted by Gasteiger charge is 2.26. The van der Waals surface area contributed by atoms with Crippen LogP contribution in [0.25, 0.3) is 16.9 Å². The van der Waals surface area contributed by atoms with Crippen molar-refractivity contribution in [1.82, 2.24) is 15.1 Å². The van der Waals surface area contributed by atoms with Gasteiger partial charge in [-0.05, 0) is 49.2 Å². The van der Waals surface area contributed by atoms with Crippen molar-refractivity contribution in [3.63, 3.8) is 0 Å². The second kappa shape index (κ2) is 8.99. The molecule has 0 bridgehead atoms. The van der Waals surface area contributed by atoms with Gasteiger partial charge in [-0.25, -0.2) is 4.39 Å². The molecule has 4 rings (SSSR count). The molecule has 0 unspecified atom stereocenters. The lowest BCUT2D eigenvalue weighted by Gasteiger charge is -2.28. The van der Waals surface area contributed by atoms with Crippen LogP contribution in [0.2, 0.25) is 5.02 Å². The zero-order valence-electron chi connectivity index (χ0n) is 16.6. The number of amides is 1. The van der Waals surface area contributed by atoms with Crippen LogP contribution >= 0.6 is 11.6 Å². The molecule has 1 fully saturated rings. The van der Waals surface area contributed by atoms with Crippen molar-refractivity contribution in [2.24, 2.45) is 0 Å². The number of carbonyl (C=O) groups excluding carboxylic acids is 1. The SMILES string of the molecule is O=C(N[C@H]1CCCC[C@@H]1O)c1cc(-c2ccc(Cl)cc2)nn(-c2cccc(F)c2)c1=O. The van der Waals surface area contributed by atoms with E-state index in [1.807, 2.05) is 0 Å². The van der Waals surface area contributed by atoms with E-state index < -0.39 is 29.4 Å². The van der Waals surface area contributed by atoms with E-state index in [0.29, 0.717) is 29.1 Å². The zero-order chi connectivity index (χ0) is 22.0. The maximum Gasteiger partial charge on any atom is 0.284 e. The first-order valence-corrected chi connectivity index (χ1v) is 10.5. The Morgan fingerprint density at radius 2 is 1.87 bits per heavy atom. The lowest BCUT2D eigenvalue weighted by Crippen LogP contribution is -2.46. The standard InChI is InChI=1S/C23H21ClFN3O3/c24-15-10-8-14(9-11-15)20-13-18(22(30)26-19-6-1-2-7-21(19)29)23(31)28(27-20)17-5-3-4-16(25)12-17/h3-5,8-13,19,21,29H,1-2,6-7H2,(H,26,30)/t19-,21-/m0/s1. The molecule has 3 aromatic rings. The topological polar surface area (TPSA) is 84.2 Å². The van der Waals surface area contributed by atoms with E-state index in [2.05, 4.69) is 10.4 Å². The Kier molecular flexibility index (Phi) is 6.15. The number of rotatable bonds is 4. The fourth-order valence-corrected chi connectivity index (χ4v) is 3.85. The van der Waals surface area contributed by atoms with Gasteiger partial charge in [0, 0.05) is 10.6 Å². The monoisotopic (exact) mass is 441 g/mol. The van der Waals surface area contributed by atoms with Crippen molar-refractivity contribution >= 4 is 17.5 Å². The molecule has 1 aliphatic rings. The molecule has 0 spiro atoms. The third-order valence-electron chi connectivity index (χ3n) is 5.39. The minimum atomic E-state index is -0.675. The second-order valence-corrected chi connectivity index (χ2v) is 8.02. The van der Waals surface area contributed by atoms with Gasteiger partial charge in [-0.3, -0.25) is 9.59 Å². The third kappa shape index (κ3) is 4.68. The molecule has 8 heteroatoms. The van der Waals surface area contributed by atoms with Crippen molar-refractivity contribution in [3.05, 3.63) is 81.4 Å². The van der Waals surface area contributed by atoms with Gasteiger partial charge in [0.05, 0.1) is 23.5 Å². The zero-order valence-corrected chi connectivity index (χ0v) is 17.3. The Morgan fingerprint density at radius 3 is 2.58 bits per heavy atom. The van der Waals surface area contributed by atoms with Crippen molar-refractivity contribution in [1.29, 1.82) is 0 Å². The Hall–Kier alpha value is -3.03.